The Morgan fingerprint density at radius 3 is 2.27 bits per heavy atom. The molecule has 0 radical (unpaired) electrons. The molecule has 4 amide bonds. The number of hydrogen-bond acceptors (Lipinski definition) is 8. The molecular weight excluding hydrogens is 566 g/mol. The predicted molar refractivity (Wildman–Crippen MR) is 161 cm³/mol. The van der Waals surface area contributed by atoms with E-state index in [-0.39, 0.29) is 23.6 Å². The molecule has 11 nitrogen and oxygen atoms in total. The van der Waals surface area contributed by atoms with Crippen LogP contribution in [0.25, 0.3) is 6.08 Å². The fourth-order valence-electron chi connectivity index (χ4n) is 4.45. The molecule has 0 spiro atoms. The molecule has 1 heterocycles. The number of urea groups is 1. The Hall–Kier alpha value is -5.97. The minimum atomic E-state index is -1.01. The zero-order chi connectivity index (χ0) is 31.1. The number of anilines is 1. The fourth-order valence-corrected chi connectivity index (χ4v) is 4.45. The number of benzene rings is 4. The molecule has 4 aromatic rings. The monoisotopic (exact) mass is 593 g/mol. The largest absolute Gasteiger partial charge is 0.490 e. The summed E-state index contributed by atoms with van der Waals surface area (Å²) >= 11 is 0. The van der Waals surface area contributed by atoms with Crippen LogP contribution in [0, 0.1) is 10.1 Å². The molecule has 1 aliphatic heterocycles. The van der Waals surface area contributed by atoms with E-state index >= 15 is 0 Å². The summed E-state index contributed by atoms with van der Waals surface area (Å²) in [7, 11) is 0. The summed E-state index contributed by atoms with van der Waals surface area (Å²) in [5, 5.41) is 13.3. The van der Waals surface area contributed by atoms with Crippen molar-refractivity contribution in [1.82, 2.24) is 5.32 Å². The third kappa shape index (κ3) is 6.73. The van der Waals surface area contributed by atoms with Crippen molar-refractivity contribution in [1.29, 1.82) is 0 Å². The Labute approximate surface area is 252 Å². The average molecular weight is 594 g/mol. The van der Waals surface area contributed by atoms with E-state index in [1.807, 2.05) is 55.5 Å². The van der Waals surface area contributed by atoms with Crippen LogP contribution in [0.5, 0.6) is 17.2 Å². The first-order valence-electron chi connectivity index (χ1n) is 13.6. The number of imide groups is 2. The quantitative estimate of drug-likeness (QED) is 0.0994. The predicted octanol–water partition coefficient (Wildman–Crippen LogP) is 5.82. The molecule has 1 saturated heterocycles. The van der Waals surface area contributed by atoms with Crippen LogP contribution in [0.3, 0.4) is 0 Å². The molecule has 0 saturated carbocycles. The molecule has 0 unspecified atom stereocenters. The van der Waals surface area contributed by atoms with E-state index < -0.39 is 22.8 Å². The first-order chi connectivity index (χ1) is 21.3. The Balaban J connectivity index is 1.35. The van der Waals surface area contributed by atoms with Gasteiger partial charge in [-0.05, 0) is 48.4 Å². The third-order valence-corrected chi connectivity index (χ3v) is 6.56. The van der Waals surface area contributed by atoms with Crippen molar-refractivity contribution in [2.24, 2.45) is 0 Å². The summed E-state index contributed by atoms with van der Waals surface area (Å²) in [5.74, 6) is -0.295. The minimum absolute atomic E-state index is 0.0501. The van der Waals surface area contributed by atoms with Crippen LogP contribution >= 0.6 is 0 Å². The van der Waals surface area contributed by atoms with Gasteiger partial charge in [-0.3, -0.25) is 25.0 Å². The molecule has 11 heteroatoms. The highest BCUT2D eigenvalue weighted by molar-refractivity contribution is 6.39. The van der Waals surface area contributed by atoms with Gasteiger partial charge in [0, 0.05) is 17.7 Å². The lowest BCUT2D eigenvalue weighted by Crippen LogP contribution is -2.54. The summed E-state index contributed by atoms with van der Waals surface area (Å²) in [6.07, 6.45) is 1.32. The number of amides is 4. The average Bonchev–Trinajstić information content (AvgIpc) is 3.03. The lowest BCUT2D eigenvalue weighted by atomic mass is 10.1. The lowest BCUT2D eigenvalue weighted by molar-refractivity contribution is -0.384. The number of nitro groups is 1. The molecule has 222 valence electrons. The summed E-state index contributed by atoms with van der Waals surface area (Å²) < 4.78 is 17.9. The first-order valence-corrected chi connectivity index (χ1v) is 13.6. The van der Waals surface area contributed by atoms with E-state index in [9.17, 15) is 24.5 Å². The Bertz CT molecular complexity index is 1750. The molecule has 0 bridgehead atoms. The summed E-state index contributed by atoms with van der Waals surface area (Å²) in [6.45, 7) is 2.84. The highest BCUT2D eigenvalue weighted by Gasteiger charge is 2.37. The van der Waals surface area contributed by atoms with Crippen LogP contribution in [-0.4, -0.2) is 29.4 Å². The van der Waals surface area contributed by atoms with Gasteiger partial charge in [-0.15, -0.1) is 0 Å². The van der Waals surface area contributed by atoms with Gasteiger partial charge < -0.3 is 14.2 Å². The standard InChI is InChI=1S/C33H27N3O8/c1-2-42-30-17-23(15-16-29(30)44-20-22-9-4-3-5-10-22)21-43-28-14-7-6-11-24(28)18-27-31(37)34-33(39)35(32(27)38)25-12-8-13-26(19-25)36(40)41/h3-19H,2,20-21H2,1H3,(H,34,37,39)/b27-18-. The van der Waals surface area contributed by atoms with Crippen molar-refractivity contribution in [3.05, 3.63) is 129 Å². The van der Waals surface area contributed by atoms with Crippen molar-refractivity contribution in [3.63, 3.8) is 0 Å². The molecule has 1 N–H and O–H groups in total. The number of hydrogen-bond donors (Lipinski definition) is 1. The van der Waals surface area contributed by atoms with E-state index in [0.29, 0.717) is 40.9 Å². The zero-order valence-electron chi connectivity index (χ0n) is 23.6. The first kappa shape index (κ1) is 29.5. The highest BCUT2D eigenvalue weighted by atomic mass is 16.6. The van der Waals surface area contributed by atoms with Crippen LogP contribution in [0.15, 0.2) is 103 Å². The van der Waals surface area contributed by atoms with Crippen molar-refractivity contribution in [3.8, 4) is 17.2 Å². The second-order valence-corrected chi connectivity index (χ2v) is 9.55. The molecule has 4 aromatic carbocycles. The summed E-state index contributed by atoms with van der Waals surface area (Å²) in [4.78, 5) is 49.9. The van der Waals surface area contributed by atoms with Crippen molar-refractivity contribution < 1.29 is 33.5 Å². The van der Waals surface area contributed by atoms with Crippen molar-refractivity contribution in [2.75, 3.05) is 11.5 Å². The van der Waals surface area contributed by atoms with Gasteiger partial charge in [0.2, 0.25) is 0 Å². The molecule has 0 atom stereocenters. The maximum absolute atomic E-state index is 13.3. The van der Waals surface area contributed by atoms with Gasteiger partial charge in [-0.1, -0.05) is 60.7 Å². The topological polar surface area (TPSA) is 137 Å². The normalized spacial score (nSPS) is 13.9. The molecule has 0 aromatic heterocycles. The Morgan fingerprint density at radius 2 is 1.50 bits per heavy atom. The maximum Gasteiger partial charge on any atom is 0.335 e. The van der Waals surface area contributed by atoms with Gasteiger partial charge in [-0.25, -0.2) is 9.69 Å². The van der Waals surface area contributed by atoms with Crippen LogP contribution in [0.2, 0.25) is 0 Å². The number of non-ortho nitro benzene ring substituents is 1. The molecule has 1 fully saturated rings. The number of barbiturate groups is 1. The smallest absolute Gasteiger partial charge is 0.335 e. The number of nitrogens with zero attached hydrogens (tertiary/aromatic N) is 2. The number of nitrogens with one attached hydrogen (secondary N) is 1. The Kier molecular flexibility index (Phi) is 8.95. The van der Waals surface area contributed by atoms with Gasteiger partial charge in [0.1, 0.15) is 24.5 Å². The van der Waals surface area contributed by atoms with Crippen LogP contribution in [0.1, 0.15) is 23.6 Å². The molecule has 44 heavy (non-hydrogen) atoms. The van der Waals surface area contributed by atoms with E-state index in [4.69, 9.17) is 14.2 Å². The summed E-state index contributed by atoms with van der Waals surface area (Å²) in [6, 6.07) is 26.1. The molecule has 5 rings (SSSR count). The highest BCUT2D eigenvalue weighted by Crippen LogP contribution is 2.31. The summed E-state index contributed by atoms with van der Waals surface area (Å²) in [5.41, 5.74) is 1.52. The van der Waals surface area contributed by atoms with Gasteiger partial charge in [0.25, 0.3) is 17.5 Å². The zero-order valence-corrected chi connectivity index (χ0v) is 23.6. The second-order valence-electron chi connectivity index (χ2n) is 9.55. The maximum atomic E-state index is 13.3. The van der Waals surface area contributed by atoms with Crippen LogP contribution in [-0.2, 0) is 22.8 Å². The van der Waals surface area contributed by atoms with Gasteiger partial charge in [0.15, 0.2) is 11.5 Å². The SMILES string of the molecule is CCOc1cc(COc2ccccc2/C=C2/C(=O)NC(=O)N(c3cccc([N+](=O)[O-])c3)C2=O)ccc1OCc1ccccc1. The lowest BCUT2D eigenvalue weighted by Gasteiger charge is -2.26. The van der Waals surface area contributed by atoms with E-state index in [1.54, 1.807) is 24.3 Å². The number of para-hydroxylation sites is 1. The van der Waals surface area contributed by atoms with Crippen LogP contribution in [0.4, 0.5) is 16.2 Å². The number of carbonyl (C=O) groups excluding carboxylic acids is 3. The number of nitro benzene ring substituents is 1. The van der Waals surface area contributed by atoms with Crippen molar-refractivity contribution in [2.45, 2.75) is 20.1 Å². The Morgan fingerprint density at radius 1 is 0.773 bits per heavy atom. The van der Waals surface area contributed by atoms with E-state index in [1.165, 1.54) is 24.3 Å². The number of rotatable bonds is 11. The molecular formula is C33H27N3O8. The molecule has 1 aliphatic rings. The third-order valence-electron chi connectivity index (χ3n) is 6.56. The van der Waals surface area contributed by atoms with Gasteiger partial charge >= 0.3 is 6.03 Å². The van der Waals surface area contributed by atoms with Gasteiger partial charge in [0.05, 0.1) is 17.2 Å². The van der Waals surface area contributed by atoms with Gasteiger partial charge in [-0.2, -0.15) is 0 Å². The van der Waals surface area contributed by atoms with E-state index in [0.717, 1.165) is 17.2 Å². The van der Waals surface area contributed by atoms with Crippen molar-refractivity contribution >= 4 is 35.3 Å². The second kappa shape index (κ2) is 13.3. The fraction of sp³-hybridized carbons (Fsp3) is 0.121. The van der Waals surface area contributed by atoms with Crippen LogP contribution < -0.4 is 24.4 Å². The number of carbonyl (C=O) groups is 3. The van der Waals surface area contributed by atoms with E-state index in [2.05, 4.69) is 5.32 Å². The molecule has 0 aliphatic carbocycles. The number of ether oxygens (including phenoxy) is 3. The minimum Gasteiger partial charge on any atom is -0.490 e.